The topological polar surface area (TPSA) is 43.1 Å². The number of halogens is 2. The van der Waals surface area contributed by atoms with E-state index in [1.54, 1.807) is 12.1 Å². The van der Waals surface area contributed by atoms with Crippen LogP contribution >= 0.6 is 0 Å². The zero-order valence-corrected chi connectivity index (χ0v) is 8.78. The Morgan fingerprint density at radius 1 is 0.882 bits per heavy atom. The van der Waals surface area contributed by atoms with Crippen molar-refractivity contribution in [2.24, 2.45) is 0 Å². The first-order valence-electron chi connectivity index (χ1n) is 4.92. The van der Waals surface area contributed by atoms with Gasteiger partial charge in [0.1, 0.15) is 11.6 Å². The standard InChI is InChI=1S/C13H9F2NO/c14-10-5-9(6-11(15)7-10)13(17)8-1-3-12(16)4-2-8/h1-7H,16H2. The molecule has 0 bridgehead atoms. The van der Waals surface area contributed by atoms with E-state index in [0.29, 0.717) is 11.3 Å². The Morgan fingerprint density at radius 3 is 1.94 bits per heavy atom. The van der Waals surface area contributed by atoms with Gasteiger partial charge < -0.3 is 5.73 Å². The molecule has 0 unspecified atom stereocenters. The third kappa shape index (κ3) is 2.47. The van der Waals surface area contributed by atoms with Crippen molar-refractivity contribution in [3.8, 4) is 0 Å². The Morgan fingerprint density at radius 2 is 1.41 bits per heavy atom. The SMILES string of the molecule is Nc1ccc(C(=O)c2cc(F)cc(F)c2)cc1. The van der Waals surface area contributed by atoms with Crippen LogP contribution in [0.15, 0.2) is 42.5 Å². The van der Waals surface area contributed by atoms with Crippen molar-refractivity contribution in [2.75, 3.05) is 5.73 Å². The molecule has 2 nitrogen and oxygen atoms in total. The number of hydrogen-bond donors (Lipinski definition) is 1. The predicted molar refractivity (Wildman–Crippen MR) is 60.6 cm³/mol. The lowest BCUT2D eigenvalue weighted by atomic mass is 10.0. The summed E-state index contributed by atoms with van der Waals surface area (Å²) >= 11 is 0. The monoisotopic (exact) mass is 233 g/mol. The van der Waals surface area contributed by atoms with E-state index in [0.717, 1.165) is 18.2 Å². The Hall–Kier alpha value is -2.23. The summed E-state index contributed by atoms with van der Waals surface area (Å²) in [5.74, 6) is -1.99. The largest absolute Gasteiger partial charge is 0.399 e. The summed E-state index contributed by atoms with van der Waals surface area (Å²) in [6.07, 6.45) is 0. The molecule has 0 saturated heterocycles. The molecule has 0 atom stereocenters. The molecular weight excluding hydrogens is 224 g/mol. The van der Waals surface area contributed by atoms with E-state index < -0.39 is 17.4 Å². The van der Waals surface area contributed by atoms with Crippen molar-refractivity contribution in [2.45, 2.75) is 0 Å². The highest BCUT2D eigenvalue weighted by Crippen LogP contribution is 2.14. The number of carbonyl (C=O) groups is 1. The number of carbonyl (C=O) groups excluding carboxylic acids is 1. The van der Waals surface area contributed by atoms with Crippen molar-refractivity contribution in [1.29, 1.82) is 0 Å². The van der Waals surface area contributed by atoms with E-state index in [1.165, 1.54) is 12.1 Å². The lowest BCUT2D eigenvalue weighted by Crippen LogP contribution is -2.02. The van der Waals surface area contributed by atoms with Gasteiger partial charge in [0.25, 0.3) is 0 Å². The predicted octanol–water partition coefficient (Wildman–Crippen LogP) is 2.78. The lowest BCUT2D eigenvalue weighted by Gasteiger charge is -2.02. The quantitative estimate of drug-likeness (QED) is 0.640. The van der Waals surface area contributed by atoms with E-state index in [-0.39, 0.29) is 5.56 Å². The Kier molecular flexibility index (Phi) is 2.87. The first-order chi connectivity index (χ1) is 8.06. The zero-order chi connectivity index (χ0) is 12.4. The van der Waals surface area contributed by atoms with E-state index in [2.05, 4.69) is 0 Å². The fraction of sp³-hybridized carbons (Fsp3) is 0. The van der Waals surface area contributed by atoms with Crippen molar-refractivity contribution in [3.05, 3.63) is 65.2 Å². The molecule has 86 valence electrons. The number of anilines is 1. The molecule has 17 heavy (non-hydrogen) atoms. The maximum atomic E-state index is 13.0. The summed E-state index contributed by atoms with van der Waals surface area (Å²) in [5, 5.41) is 0. The van der Waals surface area contributed by atoms with Gasteiger partial charge in [-0.3, -0.25) is 4.79 Å². The normalized spacial score (nSPS) is 10.2. The summed E-state index contributed by atoms with van der Waals surface area (Å²) < 4.78 is 25.9. The first-order valence-corrected chi connectivity index (χ1v) is 4.92. The third-order valence-corrected chi connectivity index (χ3v) is 2.30. The van der Waals surface area contributed by atoms with Crippen LogP contribution in [0.5, 0.6) is 0 Å². The molecule has 0 saturated carbocycles. The van der Waals surface area contributed by atoms with Crippen LogP contribution in [0, 0.1) is 11.6 Å². The third-order valence-electron chi connectivity index (χ3n) is 2.30. The number of nitrogens with two attached hydrogens (primary N) is 1. The highest BCUT2D eigenvalue weighted by molar-refractivity contribution is 6.09. The van der Waals surface area contributed by atoms with Crippen LogP contribution in [-0.4, -0.2) is 5.78 Å². The van der Waals surface area contributed by atoms with Gasteiger partial charge in [-0.1, -0.05) is 0 Å². The van der Waals surface area contributed by atoms with Crippen molar-refractivity contribution in [3.63, 3.8) is 0 Å². The van der Waals surface area contributed by atoms with Crippen molar-refractivity contribution in [1.82, 2.24) is 0 Å². The lowest BCUT2D eigenvalue weighted by molar-refractivity contribution is 0.103. The molecule has 0 heterocycles. The van der Waals surface area contributed by atoms with Gasteiger partial charge in [-0.15, -0.1) is 0 Å². The molecule has 0 amide bonds. The minimum Gasteiger partial charge on any atom is -0.399 e. The zero-order valence-electron chi connectivity index (χ0n) is 8.78. The smallest absolute Gasteiger partial charge is 0.193 e. The second kappa shape index (κ2) is 4.33. The van der Waals surface area contributed by atoms with E-state index in [1.807, 2.05) is 0 Å². The fourth-order valence-electron chi connectivity index (χ4n) is 1.49. The van der Waals surface area contributed by atoms with Gasteiger partial charge in [0.05, 0.1) is 0 Å². The average molecular weight is 233 g/mol. The maximum Gasteiger partial charge on any atom is 0.193 e. The van der Waals surface area contributed by atoms with E-state index in [4.69, 9.17) is 5.73 Å². The summed E-state index contributed by atoms with van der Waals surface area (Å²) in [4.78, 5) is 11.9. The molecule has 0 aliphatic heterocycles. The highest BCUT2D eigenvalue weighted by Gasteiger charge is 2.11. The van der Waals surface area contributed by atoms with Crippen molar-refractivity contribution < 1.29 is 13.6 Å². The fourth-order valence-corrected chi connectivity index (χ4v) is 1.49. The number of hydrogen-bond acceptors (Lipinski definition) is 2. The molecule has 0 radical (unpaired) electrons. The Labute approximate surface area is 96.7 Å². The maximum absolute atomic E-state index is 13.0. The summed E-state index contributed by atoms with van der Waals surface area (Å²) in [6.45, 7) is 0. The first kappa shape index (κ1) is 11.3. The van der Waals surface area contributed by atoms with Crippen LogP contribution in [0.1, 0.15) is 15.9 Å². The number of rotatable bonds is 2. The average Bonchev–Trinajstić information content (AvgIpc) is 2.28. The summed E-state index contributed by atoms with van der Waals surface area (Å²) in [7, 11) is 0. The minimum absolute atomic E-state index is 0.0210. The van der Waals surface area contributed by atoms with Gasteiger partial charge in [-0.05, 0) is 36.4 Å². The molecule has 0 spiro atoms. The number of ketones is 1. The van der Waals surface area contributed by atoms with E-state index in [9.17, 15) is 13.6 Å². The minimum atomic E-state index is -0.774. The van der Waals surface area contributed by atoms with Crippen LogP contribution in [0.4, 0.5) is 14.5 Å². The molecule has 0 aliphatic carbocycles. The van der Waals surface area contributed by atoms with Crippen LogP contribution in [0.25, 0.3) is 0 Å². The van der Waals surface area contributed by atoms with Crippen LogP contribution in [-0.2, 0) is 0 Å². The van der Waals surface area contributed by atoms with Crippen LogP contribution in [0.3, 0.4) is 0 Å². The Balaban J connectivity index is 2.40. The number of benzene rings is 2. The molecule has 4 heteroatoms. The molecular formula is C13H9F2NO. The van der Waals surface area contributed by atoms with Crippen LogP contribution in [0.2, 0.25) is 0 Å². The highest BCUT2D eigenvalue weighted by atomic mass is 19.1. The van der Waals surface area contributed by atoms with Gasteiger partial charge in [-0.2, -0.15) is 0 Å². The van der Waals surface area contributed by atoms with Crippen molar-refractivity contribution >= 4 is 11.5 Å². The molecule has 2 aromatic rings. The van der Waals surface area contributed by atoms with Crippen LogP contribution < -0.4 is 5.73 Å². The van der Waals surface area contributed by atoms with Gasteiger partial charge in [0, 0.05) is 22.9 Å². The summed E-state index contributed by atoms with van der Waals surface area (Å²) in [5.41, 5.74) is 6.32. The Bertz CT molecular complexity index is 544. The molecule has 0 aromatic heterocycles. The van der Waals surface area contributed by atoms with Gasteiger partial charge in [-0.25, -0.2) is 8.78 Å². The molecule has 0 fully saturated rings. The second-order valence-corrected chi connectivity index (χ2v) is 3.61. The van der Waals surface area contributed by atoms with Gasteiger partial charge in [0.2, 0.25) is 0 Å². The molecule has 0 aliphatic rings. The van der Waals surface area contributed by atoms with Gasteiger partial charge >= 0.3 is 0 Å². The molecule has 2 N–H and O–H groups in total. The van der Waals surface area contributed by atoms with Gasteiger partial charge in [0.15, 0.2) is 5.78 Å². The second-order valence-electron chi connectivity index (χ2n) is 3.61. The van der Waals surface area contributed by atoms with E-state index >= 15 is 0 Å². The summed E-state index contributed by atoms with van der Waals surface area (Å²) in [6, 6.07) is 8.87. The number of nitrogen functional groups attached to an aromatic ring is 1. The molecule has 2 aromatic carbocycles. The molecule has 2 rings (SSSR count).